The molecule has 2 aromatic heterocycles. The van der Waals surface area contributed by atoms with Gasteiger partial charge in [-0.1, -0.05) is 18.7 Å². The predicted octanol–water partition coefficient (Wildman–Crippen LogP) is 1.95. The highest BCUT2D eigenvalue weighted by molar-refractivity contribution is 7.99. The summed E-state index contributed by atoms with van der Waals surface area (Å²) in [4.78, 5) is 37.1. The second-order valence-corrected chi connectivity index (χ2v) is 7.94. The number of carbonyl (C=O) groups excluding carboxylic acids is 3. The highest BCUT2D eigenvalue weighted by atomic mass is 32.2. The Kier molecular flexibility index (Phi) is 4.84. The average molecular weight is 405 g/mol. The lowest BCUT2D eigenvalue weighted by Gasteiger charge is -2.33. The van der Waals surface area contributed by atoms with E-state index >= 15 is 0 Å². The standard InChI is InChI=1S/C17H19N5O5S/c1-10-4-6-17(7-5-10)14(24)22(15(25)18-17)21-12(23)9-28-16-20-19-13(27-16)11-3-2-8-26-11/h2-3,8,10H,4-7,9H2,1H3,(H,18,25)(H,21,23). The molecule has 1 spiro atoms. The Balaban J connectivity index is 1.32. The smallest absolute Gasteiger partial charge is 0.344 e. The van der Waals surface area contributed by atoms with Crippen molar-refractivity contribution < 1.29 is 23.2 Å². The monoisotopic (exact) mass is 405 g/mol. The SMILES string of the molecule is CC1CCC2(CC1)NC(=O)N(NC(=O)CSc1nnc(-c3ccco3)o1)C2=O. The van der Waals surface area contributed by atoms with Crippen LogP contribution in [-0.4, -0.2) is 44.3 Å². The zero-order valence-electron chi connectivity index (χ0n) is 15.1. The highest BCUT2D eigenvalue weighted by Crippen LogP contribution is 2.35. The Morgan fingerprint density at radius 3 is 2.89 bits per heavy atom. The van der Waals surface area contributed by atoms with Crippen LogP contribution in [0.4, 0.5) is 4.79 Å². The van der Waals surface area contributed by atoms with Gasteiger partial charge in [-0.2, -0.15) is 5.01 Å². The number of rotatable bonds is 5. The number of nitrogens with zero attached hydrogens (tertiary/aromatic N) is 3. The number of urea groups is 1. The number of nitrogens with one attached hydrogen (secondary N) is 2. The van der Waals surface area contributed by atoms with Crippen LogP contribution in [0.1, 0.15) is 32.6 Å². The number of aromatic nitrogens is 2. The van der Waals surface area contributed by atoms with Gasteiger partial charge in [0, 0.05) is 0 Å². The van der Waals surface area contributed by atoms with Crippen molar-refractivity contribution in [2.45, 2.75) is 43.4 Å². The van der Waals surface area contributed by atoms with Gasteiger partial charge in [0.1, 0.15) is 5.54 Å². The first-order valence-corrected chi connectivity index (χ1v) is 9.92. The number of furan rings is 1. The van der Waals surface area contributed by atoms with Crippen LogP contribution in [0.2, 0.25) is 0 Å². The van der Waals surface area contributed by atoms with E-state index in [-0.39, 0.29) is 16.9 Å². The van der Waals surface area contributed by atoms with Crippen molar-refractivity contribution in [2.24, 2.45) is 5.92 Å². The Labute approximate surface area is 164 Å². The molecule has 0 radical (unpaired) electrons. The number of imide groups is 1. The van der Waals surface area contributed by atoms with Gasteiger partial charge in [0.05, 0.1) is 12.0 Å². The van der Waals surface area contributed by atoms with E-state index in [0.29, 0.717) is 24.5 Å². The van der Waals surface area contributed by atoms with Crippen molar-refractivity contribution >= 4 is 29.6 Å². The van der Waals surface area contributed by atoms with Crippen LogP contribution in [0.25, 0.3) is 11.7 Å². The van der Waals surface area contributed by atoms with Crippen molar-refractivity contribution in [1.82, 2.24) is 25.9 Å². The third-order valence-corrected chi connectivity index (χ3v) is 5.81. The molecule has 148 valence electrons. The minimum atomic E-state index is -0.894. The Bertz CT molecular complexity index is 888. The van der Waals surface area contributed by atoms with Crippen LogP contribution in [0, 0.1) is 5.92 Å². The zero-order chi connectivity index (χ0) is 19.7. The van der Waals surface area contributed by atoms with Gasteiger partial charge in [-0.15, -0.1) is 10.2 Å². The van der Waals surface area contributed by atoms with E-state index in [1.165, 1.54) is 6.26 Å². The maximum Gasteiger partial charge on any atom is 0.344 e. The fourth-order valence-electron chi connectivity index (χ4n) is 3.37. The van der Waals surface area contributed by atoms with E-state index in [1.807, 2.05) is 0 Å². The van der Waals surface area contributed by atoms with Gasteiger partial charge in [0.2, 0.25) is 5.91 Å². The molecule has 4 amide bonds. The van der Waals surface area contributed by atoms with Gasteiger partial charge in [-0.25, -0.2) is 4.79 Å². The van der Waals surface area contributed by atoms with Gasteiger partial charge >= 0.3 is 6.03 Å². The normalized spacial score (nSPS) is 24.6. The molecule has 0 bridgehead atoms. The lowest BCUT2D eigenvalue weighted by atomic mass is 9.77. The van der Waals surface area contributed by atoms with Crippen molar-refractivity contribution in [3.63, 3.8) is 0 Å². The summed E-state index contributed by atoms with van der Waals surface area (Å²) in [5.74, 6) is 0.135. The first-order chi connectivity index (χ1) is 13.5. The van der Waals surface area contributed by atoms with E-state index in [1.54, 1.807) is 12.1 Å². The molecule has 0 unspecified atom stereocenters. The third-order valence-electron chi connectivity index (χ3n) is 4.99. The second kappa shape index (κ2) is 7.30. The van der Waals surface area contributed by atoms with Gasteiger partial charge in [-0.05, 0) is 43.7 Å². The van der Waals surface area contributed by atoms with E-state index < -0.39 is 23.4 Å². The van der Waals surface area contributed by atoms with Crippen LogP contribution in [0.5, 0.6) is 0 Å². The summed E-state index contributed by atoms with van der Waals surface area (Å²) in [6.07, 6.45) is 4.37. The number of hydrogen-bond acceptors (Lipinski definition) is 8. The lowest BCUT2D eigenvalue weighted by Crippen LogP contribution is -2.51. The first-order valence-electron chi connectivity index (χ1n) is 8.93. The molecule has 2 fully saturated rings. The number of amides is 4. The summed E-state index contributed by atoms with van der Waals surface area (Å²) in [6, 6.07) is 2.77. The van der Waals surface area contributed by atoms with E-state index in [4.69, 9.17) is 8.83 Å². The molecular formula is C17H19N5O5S. The predicted molar refractivity (Wildman–Crippen MR) is 96.6 cm³/mol. The summed E-state index contributed by atoms with van der Waals surface area (Å²) >= 11 is 0.996. The van der Waals surface area contributed by atoms with Crippen molar-refractivity contribution in [2.75, 3.05) is 5.75 Å². The molecule has 2 aliphatic rings. The third kappa shape index (κ3) is 3.49. The maximum atomic E-state index is 12.7. The van der Waals surface area contributed by atoms with Crippen molar-refractivity contribution in [1.29, 1.82) is 0 Å². The molecular weight excluding hydrogens is 386 g/mol. The van der Waals surface area contributed by atoms with Gasteiger partial charge < -0.3 is 14.2 Å². The van der Waals surface area contributed by atoms with E-state index in [0.717, 1.165) is 29.6 Å². The Morgan fingerprint density at radius 1 is 1.39 bits per heavy atom. The molecule has 1 saturated heterocycles. The number of hydrazine groups is 1. The fourth-order valence-corrected chi connectivity index (χ4v) is 3.92. The maximum absolute atomic E-state index is 12.7. The topological polar surface area (TPSA) is 131 Å². The summed E-state index contributed by atoms with van der Waals surface area (Å²) < 4.78 is 10.6. The molecule has 2 N–H and O–H groups in total. The zero-order valence-corrected chi connectivity index (χ0v) is 16.0. The molecule has 0 atom stereocenters. The van der Waals surface area contributed by atoms with E-state index in [9.17, 15) is 14.4 Å². The van der Waals surface area contributed by atoms with Crippen LogP contribution < -0.4 is 10.7 Å². The summed E-state index contributed by atoms with van der Waals surface area (Å²) in [7, 11) is 0. The summed E-state index contributed by atoms with van der Waals surface area (Å²) in [6.45, 7) is 2.12. The molecule has 1 saturated carbocycles. The molecule has 3 heterocycles. The highest BCUT2D eigenvalue weighted by Gasteiger charge is 2.52. The largest absolute Gasteiger partial charge is 0.459 e. The fraction of sp³-hybridized carbons (Fsp3) is 0.471. The summed E-state index contributed by atoms with van der Waals surface area (Å²) in [5.41, 5.74) is 1.48. The van der Waals surface area contributed by atoms with Gasteiger partial charge in [0.15, 0.2) is 5.76 Å². The van der Waals surface area contributed by atoms with Crippen LogP contribution in [0.15, 0.2) is 32.5 Å². The molecule has 0 aromatic carbocycles. The molecule has 28 heavy (non-hydrogen) atoms. The molecule has 10 nitrogen and oxygen atoms in total. The first kappa shape index (κ1) is 18.5. The average Bonchev–Trinajstić information content (AvgIpc) is 3.40. The quantitative estimate of drug-likeness (QED) is 0.570. The number of hydrogen-bond donors (Lipinski definition) is 2. The molecule has 2 aromatic rings. The molecule has 1 aliphatic heterocycles. The lowest BCUT2D eigenvalue weighted by molar-refractivity contribution is -0.139. The number of thioether (sulfide) groups is 1. The molecule has 4 rings (SSSR count). The van der Waals surface area contributed by atoms with Gasteiger partial charge in [-0.3, -0.25) is 15.0 Å². The Morgan fingerprint density at radius 2 is 2.18 bits per heavy atom. The minimum Gasteiger partial charge on any atom is -0.459 e. The Hall–Kier alpha value is -2.82. The van der Waals surface area contributed by atoms with Crippen LogP contribution >= 0.6 is 11.8 Å². The molecule has 11 heteroatoms. The second-order valence-electron chi connectivity index (χ2n) is 7.01. The van der Waals surface area contributed by atoms with Crippen molar-refractivity contribution in [3.05, 3.63) is 18.4 Å². The molecule has 1 aliphatic carbocycles. The van der Waals surface area contributed by atoms with Crippen LogP contribution in [0.3, 0.4) is 0 Å². The van der Waals surface area contributed by atoms with Crippen LogP contribution in [-0.2, 0) is 9.59 Å². The van der Waals surface area contributed by atoms with E-state index in [2.05, 4.69) is 27.9 Å². The van der Waals surface area contributed by atoms with Gasteiger partial charge in [0.25, 0.3) is 17.0 Å². The number of carbonyl (C=O) groups is 3. The summed E-state index contributed by atoms with van der Waals surface area (Å²) in [5, 5.41) is 11.4. The van der Waals surface area contributed by atoms with Crippen molar-refractivity contribution in [3.8, 4) is 11.7 Å². The minimum absolute atomic E-state index is 0.0963.